The van der Waals surface area contributed by atoms with Crippen LogP contribution >= 0.6 is 0 Å². The molecule has 2 aliphatic heterocycles. The van der Waals surface area contributed by atoms with Crippen LogP contribution in [0.25, 0.3) is 11.1 Å². The van der Waals surface area contributed by atoms with Crippen LogP contribution in [0.3, 0.4) is 0 Å². The maximum atomic E-state index is 14.7. The lowest BCUT2D eigenvalue weighted by Gasteiger charge is -2.28. The second-order valence-corrected chi connectivity index (χ2v) is 7.97. The van der Waals surface area contributed by atoms with Gasteiger partial charge in [-0.25, -0.2) is 9.37 Å². The van der Waals surface area contributed by atoms with Crippen molar-refractivity contribution in [1.29, 1.82) is 0 Å². The minimum atomic E-state index is -1.55. The van der Waals surface area contributed by atoms with E-state index in [1.54, 1.807) is 6.07 Å². The molecule has 2 aromatic heterocycles. The second-order valence-electron chi connectivity index (χ2n) is 7.97. The number of nitrogens with zero attached hydrogens (tertiary/aromatic N) is 2. The van der Waals surface area contributed by atoms with E-state index in [0.29, 0.717) is 5.56 Å². The van der Waals surface area contributed by atoms with Crippen LogP contribution < -0.4 is 15.8 Å². The molecule has 11 heteroatoms. The first kappa shape index (κ1) is 20.6. The molecule has 3 N–H and O–H groups in total. The number of rotatable bonds is 5. The molecular weight excluding hydrogens is 435 g/mol. The number of aromatic nitrogens is 1. The normalized spacial score (nSPS) is 19.8. The highest BCUT2D eigenvalue weighted by atomic mass is 19.1. The van der Waals surface area contributed by atoms with Crippen LogP contribution in [0.15, 0.2) is 34.7 Å². The first-order valence-corrected chi connectivity index (χ1v) is 9.93. The average molecular weight is 452 g/mol. The van der Waals surface area contributed by atoms with E-state index in [4.69, 9.17) is 14.9 Å². The summed E-state index contributed by atoms with van der Waals surface area (Å²) in [4.78, 5) is 55.1. The van der Waals surface area contributed by atoms with Crippen molar-refractivity contribution in [2.24, 2.45) is 5.73 Å². The number of hydrogen-bond donors (Lipinski definition) is 2. The number of furan rings is 1. The summed E-state index contributed by atoms with van der Waals surface area (Å²) in [5.74, 6) is -3.31. The second kappa shape index (κ2) is 7.12. The first-order valence-electron chi connectivity index (χ1n) is 9.93. The Hall–Kier alpha value is -4.28. The van der Waals surface area contributed by atoms with Gasteiger partial charge in [0, 0.05) is 19.2 Å². The Bertz CT molecular complexity index is 1380. The Morgan fingerprint density at radius 1 is 1.30 bits per heavy atom. The van der Waals surface area contributed by atoms with Crippen LogP contribution in [0, 0.1) is 5.82 Å². The van der Waals surface area contributed by atoms with Crippen molar-refractivity contribution in [3.63, 3.8) is 0 Å². The number of carbonyl (C=O) groups excluding carboxylic acids is 4. The van der Waals surface area contributed by atoms with Gasteiger partial charge in [-0.2, -0.15) is 0 Å². The molecule has 2 aliphatic rings. The summed E-state index contributed by atoms with van der Waals surface area (Å²) in [7, 11) is 1.30. The molecule has 1 aromatic carbocycles. The summed E-state index contributed by atoms with van der Waals surface area (Å²) in [6.07, 6.45) is -0.278. The fraction of sp³-hybridized carbons (Fsp3) is 0.227. The highest BCUT2D eigenvalue weighted by Gasteiger charge is 2.53. The van der Waals surface area contributed by atoms with E-state index in [0.717, 1.165) is 0 Å². The van der Waals surface area contributed by atoms with Gasteiger partial charge in [-0.15, -0.1) is 0 Å². The number of pyridine rings is 1. The number of amides is 4. The van der Waals surface area contributed by atoms with Gasteiger partial charge in [-0.05, 0) is 23.8 Å². The Balaban J connectivity index is 1.56. The fourth-order valence-corrected chi connectivity index (χ4v) is 4.35. The van der Waals surface area contributed by atoms with Crippen molar-refractivity contribution in [2.75, 3.05) is 13.7 Å². The number of nitrogens with two attached hydrogens (primary N) is 1. The minimum Gasteiger partial charge on any atom is -0.494 e. The van der Waals surface area contributed by atoms with Gasteiger partial charge in [0.1, 0.15) is 22.4 Å². The molecule has 33 heavy (non-hydrogen) atoms. The summed E-state index contributed by atoms with van der Waals surface area (Å²) in [5, 5.41) is 2.26. The van der Waals surface area contributed by atoms with E-state index in [1.165, 1.54) is 36.3 Å². The molecule has 0 spiro atoms. The Labute approximate surface area is 185 Å². The molecule has 10 nitrogen and oxygen atoms in total. The number of halogens is 1. The molecular formula is C22H17FN4O6. The molecule has 0 radical (unpaired) electrons. The summed E-state index contributed by atoms with van der Waals surface area (Å²) >= 11 is 0. The largest absolute Gasteiger partial charge is 0.494 e. The zero-order valence-electron chi connectivity index (χ0n) is 17.3. The van der Waals surface area contributed by atoms with E-state index in [1.807, 2.05) is 0 Å². The van der Waals surface area contributed by atoms with Crippen LogP contribution in [0.5, 0.6) is 5.75 Å². The van der Waals surface area contributed by atoms with Crippen LogP contribution in [-0.4, -0.2) is 47.2 Å². The number of primary amides is 1. The molecule has 5 rings (SSSR count). The SMILES string of the molecule is COc1ccc2c(c1F)C(=O)N(C[C@@]1(c3cc4nc(C(N)=O)ccc4o3)CC(=O)NC1=O)C2. The third-order valence-corrected chi connectivity index (χ3v) is 5.98. The molecule has 1 atom stereocenters. The zero-order valence-corrected chi connectivity index (χ0v) is 17.3. The van der Waals surface area contributed by atoms with E-state index < -0.39 is 34.9 Å². The van der Waals surface area contributed by atoms with Gasteiger partial charge in [0.2, 0.25) is 11.8 Å². The summed E-state index contributed by atoms with van der Waals surface area (Å²) < 4.78 is 25.5. The van der Waals surface area contributed by atoms with Crippen LogP contribution in [0.4, 0.5) is 4.39 Å². The molecule has 0 aliphatic carbocycles. The van der Waals surface area contributed by atoms with E-state index >= 15 is 0 Å². The van der Waals surface area contributed by atoms with Crippen LogP contribution in [0.1, 0.15) is 38.6 Å². The molecule has 0 bridgehead atoms. The number of nitrogens with one attached hydrogen (secondary N) is 1. The number of benzene rings is 1. The quantitative estimate of drug-likeness (QED) is 0.550. The lowest BCUT2D eigenvalue weighted by molar-refractivity contribution is -0.127. The van der Waals surface area contributed by atoms with Gasteiger partial charge < -0.3 is 19.8 Å². The maximum Gasteiger partial charge on any atom is 0.267 e. The first-order chi connectivity index (χ1) is 15.7. The van der Waals surface area contributed by atoms with E-state index in [-0.39, 0.29) is 53.4 Å². The predicted octanol–water partition coefficient (Wildman–Crippen LogP) is 1.01. The maximum absolute atomic E-state index is 14.7. The summed E-state index contributed by atoms with van der Waals surface area (Å²) in [5.41, 5.74) is 4.57. The third-order valence-electron chi connectivity index (χ3n) is 5.98. The number of imide groups is 1. The summed E-state index contributed by atoms with van der Waals surface area (Å²) in [6.45, 7) is -0.190. The van der Waals surface area contributed by atoms with Crippen molar-refractivity contribution >= 4 is 34.7 Å². The lowest BCUT2D eigenvalue weighted by Crippen LogP contribution is -2.46. The van der Waals surface area contributed by atoms with Crippen molar-refractivity contribution < 1.29 is 32.7 Å². The molecule has 0 saturated carbocycles. The minimum absolute atomic E-state index is 0.00504. The summed E-state index contributed by atoms with van der Waals surface area (Å²) in [6, 6.07) is 7.30. The number of methoxy groups -OCH3 is 1. The fourth-order valence-electron chi connectivity index (χ4n) is 4.35. The zero-order chi connectivity index (χ0) is 23.5. The Kier molecular flexibility index (Phi) is 4.45. The monoisotopic (exact) mass is 452 g/mol. The Morgan fingerprint density at radius 3 is 2.76 bits per heavy atom. The standard InChI is InChI=1S/C22H17FN4O6/c1-32-14-4-2-10-8-27(20(30)17(10)18(14)23)9-22(7-16(28)26-21(22)31)15-6-12-13(33-15)5-3-11(25-12)19(24)29/h2-6H,7-9H2,1H3,(H2,24,29)(H,26,28,31)/t22-/m1/s1. The van der Waals surface area contributed by atoms with Gasteiger partial charge in [-0.3, -0.25) is 24.5 Å². The number of carbonyl (C=O) groups is 4. The smallest absolute Gasteiger partial charge is 0.267 e. The molecule has 0 unspecified atom stereocenters. The van der Waals surface area contributed by atoms with Gasteiger partial charge in [0.25, 0.3) is 11.8 Å². The van der Waals surface area contributed by atoms with Gasteiger partial charge in [-0.1, -0.05) is 6.07 Å². The van der Waals surface area contributed by atoms with Crippen molar-refractivity contribution in [3.8, 4) is 5.75 Å². The highest BCUT2D eigenvalue weighted by Crippen LogP contribution is 2.39. The van der Waals surface area contributed by atoms with Gasteiger partial charge >= 0.3 is 0 Å². The van der Waals surface area contributed by atoms with E-state index in [2.05, 4.69) is 10.3 Å². The Morgan fingerprint density at radius 2 is 2.09 bits per heavy atom. The third kappa shape index (κ3) is 3.04. The topological polar surface area (TPSA) is 145 Å². The number of ether oxygens (including phenoxy) is 1. The number of fused-ring (bicyclic) bond motifs is 2. The molecule has 1 fully saturated rings. The molecule has 4 heterocycles. The highest BCUT2D eigenvalue weighted by molar-refractivity contribution is 6.10. The van der Waals surface area contributed by atoms with E-state index in [9.17, 15) is 23.6 Å². The number of hydrogen-bond acceptors (Lipinski definition) is 7. The predicted molar refractivity (Wildman–Crippen MR) is 110 cm³/mol. The van der Waals surface area contributed by atoms with Crippen LogP contribution in [-0.2, 0) is 21.5 Å². The molecule has 3 aromatic rings. The van der Waals surface area contributed by atoms with Crippen molar-refractivity contribution in [3.05, 3.63) is 58.7 Å². The molecule has 1 saturated heterocycles. The van der Waals surface area contributed by atoms with Gasteiger partial charge in [0.15, 0.2) is 17.1 Å². The molecule has 4 amide bonds. The average Bonchev–Trinajstić information content (AvgIpc) is 3.42. The lowest BCUT2D eigenvalue weighted by atomic mass is 9.82. The van der Waals surface area contributed by atoms with Crippen LogP contribution in [0.2, 0.25) is 0 Å². The van der Waals surface area contributed by atoms with Gasteiger partial charge in [0.05, 0.1) is 19.1 Å². The van der Waals surface area contributed by atoms with Crippen molar-refractivity contribution in [2.45, 2.75) is 18.4 Å². The molecule has 168 valence electrons. The van der Waals surface area contributed by atoms with Crippen molar-refractivity contribution in [1.82, 2.24) is 15.2 Å².